The van der Waals surface area contributed by atoms with Crippen molar-refractivity contribution in [3.8, 4) is 5.75 Å². The number of aliphatic hydroxyl groups is 1. The summed E-state index contributed by atoms with van der Waals surface area (Å²) in [6, 6.07) is 5.88. The summed E-state index contributed by atoms with van der Waals surface area (Å²) in [7, 11) is 0. The first kappa shape index (κ1) is 11.1. The number of hydrogen-bond acceptors (Lipinski definition) is 4. The van der Waals surface area contributed by atoms with Gasteiger partial charge in [0.2, 0.25) is 0 Å². The molecule has 0 aliphatic carbocycles. The van der Waals surface area contributed by atoms with E-state index >= 15 is 0 Å². The van der Waals surface area contributed by atoms with Crippen molar-refractivity contribution in [3.63, 3.8) is 0 Å². The second kappa shape index (κ2) is 5.63. The molecule has 2 aromatic rings. The van der Waals surface area contributed by atoms with Crippen LogP contribution in [0.25, 0.3) is 0 Å². The lowest BCUT2D eigenvalue weighted by Crippen LogP contribution is -2.02. The minimum Gasteiger partial charge on any atom is -0.491 e. The molecule has 4 heteroatoms. The van der Waals surface area contributed by atoms with Crippen molar-refractivity contribution < 1.29 is 9.84 Å². The van der Waals surface area contributed by atoms with Gasteiger partial charge in [0.05, 0.1) is 19.4 Å². The summed E-state index contributed by atoms with van der Waals surface area (Å²) in [4.78, 5) is 5.28. The summed E-state index contributed by atoms with van der Waals surface area (Å²) >= 11 is 1.72. The van der Waals surface area contributed by atoms with E-state index in [0.717, 1.165) is 12.0 Å². The van der Waals surface area contributed by atoms with Gasteiger partial charge in [-0.1, -0.05) is 6.07 Å². The average Bonchev–Trinajstić information content (AvgIpc) is 2.83. The van der Waals surface area contributed by atoms with Crippen LogP contribution < -0.4 is 4.74 Å². The summed E-state index contributed by atoms with van der Waals surface area (Å²) < 4.78 is 5.59. The molecule has 0 atom stereocenters. The number of aromatic nitrogens is 1. The van der Waals surface area contributed by atoms with Crippen molar-refractivity contribution >= 4 is 11.3 Å². The maximum absolute atomic E-state index is 9.10. The Hall–Kier alpha value is -1.39. The topological polar surface area (TPSA) is 42.4 Å². The molecule has 0 aliphatic heterocycles. The molecule has 2 aromatic heterocycles. The molecule has 3 nitrogen and oxygen atoms in total. The standard InChI is InChI=1S/C12H13NO2S/c14-9-10-3-5-13-8-12(10)15-6-4-11-2-1-7-16-11/h1-3,5,7-8,14H,4,6,9H2. The molecule has 0 saturated heterocycles. The fourth-order valence-electron chi connectivity index (χ4n) is 1.39. The summed E-state index contributed by atoms with van der Waals surface area (Å²) in [5.74, 6) is 0.668. The van der Waals surface area contributed by atoms with E-state index in [4.69, 9.17) is 9.84 Å². The zero-order chi connectivity index (χ0) is 11.2. The van der Waals surface area contributed by atoms with Gasteiger partial charge in [-0.3, -0.25) is 4.98 Å². The molecular weight excluding hydrogens is 222 g/mol. The Labute approximate surface area is 98.4 Å². The third-order valence-corrected chi connectivity index (χ3v) is 3.16. The quantitative estimate of drug-likeness (QED) is 0.864. The van der Waals surface area contributed by atoms with Crippen molar-refractivity contribution in [3.05, 3.63) is 46.4 Å². The molecule has 2 rings (SSSR count). The number of nitrogens with zero attached hydrogens (tertiary/aromatic N) is 1. The van der Waals surface area contributed by atoms with E-state index < -0.39 is 0 Å². The third-order valence-electron chi connectivity index (χ3n) is 2.23. The van der Waals surface area contributed by atoms with Crippen LogP contribution >= 0.6 is 11.3 Å². The number of ether oxygens (including phenoxy) is 1. The van der Waals surface area contributed by atoms with Gasteiger partial charge in [-0.2, -0.15) is 0 Å². The van der Waals surface area contributed by atoms with Crippen molar-refractivity contribution in [1.82, 2.24) is 4.98 Å². The minimum absolute atomic E-state index is 0.0170. The van der Waals surface area contributed by atoms with Crippen LogP contribution in [0.4, 0.5) is 0 Å². The number of hydrogen-bond donors (Lipinski definition) is 1. The first-order chi connectivity index (χ1) is 7.90. The monoisotopic (exact) mass is 235 g/mol. The molecule has 0 unspecified atom stereocenters. The molecule has 16 heavy (non-hydrogen) atoms. The van der Waals surface area contributed by atoms with Crippen molar-refractivity contribution in [2.75, 3.05) is 6.61 Å². The lowest BCUT2D eigenvalue weighted by molar-refractivity contribution is 0.263. The highest BCUT2D eigenvalue weighted by Crippen LogP contribution is 2.17. The van der Waals surface area contributed by atoms with Gasteiger partial charge in [-0.25, -0.2) is 0 Å². The van der Waals surface area contributed by atoms with Crippen LogP contribution in [0.5, 0.6) is 5.75 Å². The van der Waals surface area contributed by atoms with Crippen molar-refractivity contribution in [2.24, 2.45) is 0 Å². The Kier molecular flexibility index (Phi) is 3.91. The van der Waals surface area contributed by atoms with Gasteiger partial charge < -0.3 is 9.84 Å². The summed E-state index contributed by atoms with van der Waals surface area (Å²) in [6.45, 7) is 0.593. The van der Waals surface area contributed by atoms with Crippen LogP contribution in [-0.4, -0.2) is 16.7 Å². The lowest BCUT2D eigenvalue weighted by Gasteiger charge is -2.08. The average molecular weight is 235 g/mol. The van der Waals surface area contributed by atoms with E-state index in [-0.39, 0.29) is 6.61 Å². The Balaban J connectivity index is 1.89. The molecule has 0 fully saturated rings. The second-order valence-corrected chi connectivity index (χ2v) is 4.35. The Morgan fingerprint density at radius 3 is 3.06 bits per heavy atom. The number of thiophene rings is 1. The zero-order valence-corrected chi connectivity index (χ0v) is 9.61. The Bertz CT molecular complexity index is 428. The maximum atomic E-state index is 9.10. The number of pyridine rings is 1. The molecule has 0 aliphatic rings. The van der Waals surface area contributed by atoms with Crippen LogP contribution in [0, 0.1) is 0 Å². The molecule has 0 aromatic carbocycles. The molecular formula is C12H13NO2S. The van der Waals surface area contributed by atoms with Gasteiger partial charge in [-0.15, -0.1) is 11.3 Å². The highest BCUT2D eigenvalue weighted by molar-refractivity contribution is 7.09. The van der Waals surface area contributed by atoms with Gasteiger partial charge in [0.1, 0.15) is 5.75 Å². The van der Waals surface area contributed by atoms with Crippen LogP contribution in [0.15, 0.2) is 36.0 Å². The largest absolute Gasteiger partial charge is 0.491 e. The first-order valence-electron chi connectivity index (χ1n) is 5.09. The second-order valence-electron chi connectivity index (χ2n) is 3.32. The van der Waals surface area contributed by atoms with E-state index in [2.05, 4.69) is 16.4 Å². The van der Waals surface area contributed by atoms with Crippen LogP contribution in [0.3, 0.4) is 0 Å². The predicted octanol–water partition coefficient (Wildman–Crippen LogP) is 2.26. The van der Waals surface area contributed by atoms with E-state index in [0.29, 0.717) is 12.4 Å². The van der Waals surface area contributed by atoms with E-state index in [9.17, 15) is 0 Å². The smallest absolute Gasteiger partial charge is 0.143 e. The van der Waals surface area contributed by atoms with Gasteiger partial charge in [0.25, 0.3) is 0 Å². The summed E-state index contributed by atoms with van der Waals surface area (Å²) in [5.41, 5.74) is 0.779. The van der Waals surface area contributed by atoms with E-state index in [1.54, 1.807) is 29.8 Å². The van der Waals surface area contributed by atoms with Crippen LogP contribution in [-0.2, 0) is 13.0 Å². The molecule has 2 heterocycles. The van der Waals surface area contributed by atoms with Gasteiger partial charge in [0, 0.05) is 23.1 Å². The Morgan fingerprint density at radius 1 is 1.38 bits per heavy atom. The minimum atomic E-state index is -0.0170. The number of rotatable bonds is 5. The fourth-order valence-corrected chi connectivity index (χ4v) is 2.08. The molecule has 84 valence electrons. The van der Waals surface area contributed by atoms with Gasteiger partial charge >= 0.3 is 0 Å². The van der Waals surface area contributed by atoms with Crippen molar-refractivity contribution in [1.29, 1.82) is 0 Å². The molecule has 0 amide bonds. The van der Waals surface area contributed by atoms with Gasteiger partial charge in [-0.05, 0) is 17.5 Å². The number of aliphatic hydroxyl groups excluding tert-OH is 1. The SMILES string of the molecule is OCc1ccncc1OCCc1cccs1. The first-order valence-corrected chi connectivity index (χ1v) is 5.97. The molecule has 0 saturated carbocycles. The van der Waals surface area contributed by atoms with Crippen LogP contribution in [0.1, 0.15) is 10.4 Å². The fraction of sp³-hybridized carbons (Fsp3) is 0.250. The zero-order valence-electron chi connectivity index (χ0n) is 8.80. The van der Waals surface area contributed by atoms with E-state index in [1.807, 2.05) is 6.07 Å². The van der Waals surface area contributed by atoms with E-state index in [1.165, 1.54) is 4.88 Å². The van der Waals surface area contributed by atoms with Gasteiger partial charge in [0.15, 0.2) is 0 Å². The lowest BCUT2D eigenvalue weighted by atomic mass is 10.2. The predicted molar refractivity (Wildman–Crippen MR) is 63.7 cm³/mol. The molecule has 0 spiro atoms. The normalized spacial score (nSPS) is 10.3. The highest BCUT2D eigenvalue weighted by Gasteiger charge is 2.02. The molecule has 0 bridgehead atoms. The van der Waals surface area contributed by atoms with Crippen molar-refractivity contribution in [2.45, 2.75) is 13.0 Å². The van der Waals surface area contributed by atoms with Crippen LogP contribution in [0.2, 0.25) is 0 Å². The maximum Gasteiger partial charge on any atom is 0.143 e. The molecule has 1 N–H and O–H groups in total. The summed E-state index contributed by atoms with van der Waals surface area (Å²) in [6.07, 6.45) is 4.18. The third kappa shape index (κ3) is 2.81. The molecule has 0 radical (unpaired) electrons. The summed E-state index contributed by atoms with van der Waals surface area (Å²) in [5, 5.41) is 11.2. The highest BCUT2D eigenvalue weighted by atomic mass is 32.1. The Morgan fingerprint density at radius 2 is 2.31 bits per heavy atom.